The van der Waals surface area contributed by atoms with Crippen LogP contribution in [-0.2, 0) is 0 Å². The standard InChI is InChI=1S/C14H21N/c1-12(11-15-14(2,3)4)10-13-8-6-5-7-9-13/h5-10,15H,11H2,1-4H3. The van der Waals surface area contributed by atoms with Crippen molar-refractivity contribution in [3.8, 4) is 0 Å². The van der Waals surface area contributed by atoms with Crippen LogP contribution in [0.5, 0.6) is 0 Å². The van der Waals surface area contributed by atoms with Gasteiger partial charge in [0.2, 0.25) is 0 Å². The average Bonchev–Trinajstić information content (AvgIpc) is 2.15. The van der Waals surface area contributed by atoms with Crippen molar-refractivity contribution in [3.05, 3.63) is 41.5 Å². The summed E-state index contributed by atoms with van der Waals surface area (Å²) in [6, 6.07) is 10.4. The number of benzene rings is 1. The summed E-state index contributed by atoms with van der Waals surface area (Å²) in [5.41, 5.74) is 2.81. The van der Waals surface area contributed by atoms with E-state index in [1.807, 2.05) is 6.07 Å². The number of hydrogen-bond donors (Lipinski definition) is 1. The van der Waals surface area contributed by atoms with Crippen molar-refractivity contribution >= 4 is 6.08 Å². The minimum Gasteiger partial charge on any atom is -0.308 e. The largest absolute Gasteiger partial charge is 0.308 e. The predicted octanol–water partition coefficient (Wildman–Crippen LogP) is 3.48. The van der Waals surface area contributed by atoms with Crippen LogP contribution in [0.25, 0.3) is 6.08 Å². The van der Waals surface area contributed by atoms with Gasteiger partial charge in [-0.3, -0.25) is 0 Å². The van der Waals surface area contributed by atoms with Gasteiger partial charge in [0.05, 0.1) is 0 Å². The van der Waals surface area contributed by atoms with Crippen molar-refractivity contribution in [3.63, 3.8) is 0 Å². The number of nitrogens with one attached hydrogen (secondary N) is 1. The van der Waals surface area contributed by atoms with Crippen molar-refractivity contribution in [2.45, 2.75) is 33.2 Å². The van der Waals surface area contributed by atoms with Gasteiger partial charge in [-0.1, -0.05) is 42.0 Å². The summed E-state index contributed by atoms with van der Waals surface area (Å²) in [5.74, 6) is 0. The van der Waals surface area contributed by atoms with Crippen molar-refractivity contribution in [1.82, 2.24) is 5.32 Å². The molecule has 1 aromatic carbocycles. The number of hydrogen-bond acceptors (Lipinski definition) is 1. The highest BCUT2D eigenvalue weighted by molar-refractivity contribution is 5.52. The summed E-state index contributed by atoms with van der Waals surface area (Å²) in [7, 11) is 0. The zero-order chi connectivity index (χ0) is 11.3. The van der Waals surface area contributed by atoms with Crippen LogP contribution in [-0.4, -0.2) is 12.1 Å². The lowest BCUT2D eigenvalue weighted by molar-refractivity contribution is 0.445. The molecule has 1 aromatic rings. The normalized spacial score (nSPS) is 12.9. The second-order valence-corrected chi connectivity index (χ2v) is 5.00. The molecule has 0 aliphatic carbocycles. The quantitative estimate of drug-likeness (QED) is 0.793. The molecule has 0 saturated heterocycles. The fraction of sp³-hybridized carbons (Fsp3) is 0.429. The molecule has 1 rings (SSSR count). The van der Waals surface area contributed by atoms with Crippen LogP contribution in [0.3, 0.4) is 0 Å². The van der Waals surface area contributed by atoms with Gasteiger partial charge < -0.3 is 5.32 Å². The molecule has 0 bridgehead atoms. The van der Waals surface area contributed by atoms with E-state index in [0.29, 0.717) is 0 Å². The summed E-state index contributed by atoms with van der Waals surface area (Å²) in [4.78, 5) is 0. The molecule has 0 radical (unpaired) electrons. The van der Waals surface area contributed by atoms with E-state index in [0.717, 1.165) is 6.54 Å². The zero-order valence-corrected chi connectivity index (χ0v) is 10.2. The first-order valence-electron chi connectivity index (χ1n) is 5.45. The minimum atomic E-state index is 0.186. The predicted molar refractivity (Wildman–Crippen MR) is 67.8 cm³/mol. The monoisotopic (exact) mass is 203 g/mol. The summed E-state index contributed by atoms with van der Waals surface area (Å²) in [6.07, 6.45) is 2.22. The highest BCUT2D eigenvalue weighted by Gasteiger charge is 2.07. The van der Waals surface area contributed by atoms with Crippen molar-refractivity contribution in [2.75, 3.05) is 6.54 Å². The Morgan fingerprint density at radius 3 is 2.33 bits per heavy atom. The zero-order valence-electron chi connectivity index (χ0n) is 10.2. The van der Waals surface area contributed by atoms with Gasteiger partial charge in [0.1, 0.15) is 0 Å². The van der Waals surface area contributed by atoms with E-state index in [2.05, 4.69) is 63.4 Å². The van der Waals surface area contributed by atoms with E-state index >= 15 is 0 Å². The second-order valence-electron chi connectivity index (χ2n) is 5.00. The summed E-state index contributed by atoms with van der Waals surface area (Å²) >= 11 is 0. The molecule has 0 unspecified atom stereocenters. The van der Waals surface area contributed by atoms with E-state index in [9.17, 15) is 0 Å². The molecule has 0 amide bonds. The van der Waals surface area contributed by atoms with Crippen LogP contribution in [0.2, 0.25) is 0 Å². The van der Waals surface area contributed by atoms with Gasteiger partial charge in [0, 0.05) is 12.1 Å². The Hall–Kier alpha value is -1.08. The first-order valence-corrected chi connectivity index (χ1v) is 5.45. The van der Waals surface area contributed by atoms with Gasteiger partial charge in [-0.2, -0.15) is 0 Å². The maximum absolute atomic E-state index is 3.47. The lowest BCUT2D eigenvalue weighted by atomic mass is 10.1. The Bertz CT molecular complexity index is 317. The second kappa shape index (κ2) is 5.13. The van der Waals surface area contributed by atoms with Gasteiger partial charge in [0.25, 0.3) is 0 Å². The molecule has 0 heterocycles. The van der Waals surface area contributed by atoms with Crippen molar-refractivity contribution < 1.29 is 0 Å². The summed E-state index contributed by atoms with van der Waals surface area (Å²) < 4.78 is 0. The summed E-state index contributed by atoms with van der Waals surface area (Å²) in [6.45, 7) is 9.65. The van der Waals surface area contributed by atoms with Gasteiger partial charge in [0.15, 0.2) is 0 Å². The SMILES string of the molecule is CC(=Cc1ccccc1)CNC(C)(C)C. The molecule has 82 valence electrons. The fourth-order valence-corrected chi connectivity index (χ4v) is 1.29. The fourth-order valence-electron chi connectivity index (χ4n) is 1.29. The molecule has 0 fully saturated rings. The molecule has 0 aromatic heterocycles. The highest BCUT2D eigenvalue weighted by Crippen LogP contribution is 2.06. The van der Waals surface area contributed by atoms with Crippen LogP contribution < -0.4 is 5.32 Å². The molecular weight excluding hydrogens is 182 g/mol. The Kier molecular flexibility index (Phi) is 4.10. The minimum absolute atomic E-state index is 0.186. The topological polar surface area (TPSA) is 12.0 Å². The Morgan fingerprint density at radius 1 is 1.20 bits per heavy atom. The first-order chi connectivity index (χ1) is 6.97. The molecule has 1 N–H and O–H groups in total. The summed E-state index contributed by atoms with van der Waals surface area (Å²) in [5, 5.41) is 3.47. The van der Waals surface area contributed by atoms with Crippen LogP contribution in [0, 0.1) is 0 Å². The van der Waals surface area contributed by atoms with E-state index < -0.39 is 0 Å². The van der Waals surface area contributed by atoms with Crippen LogP contribution in [0.15, 0.2) is 35.9 Å². The molecule has 1 nitrogen and oxygen atoms in total. The molecular formula is C14H21N. The van der Waals surface area contributed by atoms with Gasteiger partial charge in [-0.25, -0.2) is 0 Å². The Balaban J connectivity index is 2.54. The van der Waals surface area contributed by atoms with Crippen LogP contribution in [0.4, 0.5) is 0 Å². The molecule has 0 aliphatic rings. The third-order valence-corrected chi connectivity index (χ3v) is 2.11. The lowest BCUT2D eigenvalue weighted by Gasteiger charge is -2.20. The van der Waals surface area contributed by atoms with E-state index in [-0.39, 0.29) is 5.54 Å². The Morgan fingerprint density at radius 2 is 1.80 bits per heavy atom. The van der Waals surface area contributed by atoms with E-state index in [4.69, 9.17) is 0 Å². The maximum Gasteiger partial charge on any atom is 0.0170 e. The third-order valence-electron chi connectivity index (χ3n) is 2.11. The smallest absolute Gasteiger partial charge is 0.0170 e. The molecule has 0 atom stereocenters. The van der Waals surface area contributed by atoms with Crippen molar-refractivity contribution in [2.24, 2.45) is 0 Å². The van der Waals surface area contributed by atoms with Crippen molar-refractivity contribution in [1.29, 1.82) is 0 Å². The maximum atomic E-state index is 3.47. The van der Waals surface area contributed by atoms with Gasteiger partial charge in [-0.15, -0.1) is 0 Å². The first kappa shape index (κ1) is 12.0. The third kappa shape index (κ3) is 5.38. The lowest BCUT2D eigenvalue weighted by Crippen LogP contribution is -2.36. The van der Waals surface area contributed by atoms with E-state index in [1.54, 1.807) is 0 Å². The molecule has 0 aliphatic heterocycles. The number of rotatable bonds is 3. The van der Waals surface area contributed by atoms with Crippen LogP contribution in [0.1, 0.15) is 33.3 Å². The molecule has 15 heavy (non-hydrogen) atoms. The molecule has 0 spiro atoms. The highest BCUT2D eigenvalue weighted by atomic mass is 14.9. The molecule has 0 saturated carbocycles. The Labute approximate surface area is 93.2 Å². The van der Waals surface area contributed by atoms with Gasteiger partial charge >= 0.3 is 0 Å². The van der Waals surface area contributed by atoms with Gasteiger partial charge in [-0.05, 0) is 33.3 Å². The molecule has 1 heteroatoms. The van der Waals surface area contributed by atoms with Crippen LogP contribution >= 0.6 is 0 Å². The van der Waals surface area contributed by atoms with E-state index in [1.165, 1.54) is 11.1 Å². The average molecular weight is 203 g/mol.